The molecule has 1 unspecified atom stereocenters. The molecule has 0 radical (unpaired) electrons. The molecule has 22 heavy (non-hydrogen) atoms. The van der Waals surface area contributed by atoms with Crippen LogP contribution in [0.2, 0.25) is 0 Å². The van der Waals surface area contributed by atoms with Gasteiger partial charge in [0, 0.05) is 18.9 Å². The van der Waals surface area contributed by atoms with Crippen molar-refractivity contribution in [2.24, 2.45) is 5.92 Å². The fourth-order valence-corrected chi connectivity index (χ4v) is 1.95. The van der Waals surface area contributed by atoms with Gasteiger partial charge in [0.2, 0.25) is 5.88 Å². The maximum atomic E-state index is 9.73. The highest BCUT2D eigenvalue weighted by Gasteiger charge is 2.07. The van der Waals surface area contributed by atoms with E-state index >= 15 is 0 Å². The Morgan fingerprint density at radius 2 is 1.95 bits per heavy atom. The Bertz CT molecular complexity index is 544. The topological polar surface area (TPSA) is 67.3 Å². The molecule has 0 bridgehead atoms. The average molecular weight is 301 g/mol. The molecule has 0 aliphatic heterocycles. The smallest absolute Gasteiger partial charge is 0.237 e. The molecule has 0 amide bonds. The molecule has 2 rings (SSSR count). The lowest BCUT2D eigenvalue weighted by Crippen LogP contribution is -2.23. The normalized spacial score (nSPS) is 12.4. The Hall–Kier alpha value is -1.98. The van der Waals surface area contributed by atoms with Gasteiger partial charge in [-0.25, -0.2) is 4.98 Å². The van der Waals surface area contributed by atoms with Crippen molar-refractivity contribution in [3.05, 3.63) is 48.4 Å². The van der Waals surface area contributed by atoms with Crippen LogP contribution in [0.25, 0.3) is 0 Å². The Morgan fingerprint density at radius 3 is 2.59 bits per heavy atom. The molecule has 1 aromatic carbocycles. The zero-order valence-electron chi connectivity index (χ0n) is 13.1. The van der Waals surface area contributed by atoms with Gasteiger partial charge in [0.05, 0.1) is 12.3 Å². The molecule has 0 aliphatic rings. The summed E-state index contributed by atoms with van der Waals surface area (Å²) in [6, 6.07) is 7.85. The van der Waals surface area contributed by atoms with Crippen LogP contribution in [-0.2, 0) is 6.54 Å². The van der Waals surface area contributed by atoms with Gasteiger partial charge in [-0.2, -0.15) is 0 Å². The van der Waals surface area contributed by atoms with Gasteiger partial charge >= 0.3 is 0 Å². The van der Waals surface area contributed by atoms with Crippen LogP contribution < -0.4 is 10.1 Å². The third-order valence-electron chi connectivity index (χ3n) is 3.40. The van der Waals surface area contributed by atoms with Gasteiger partial charge in [0.1, 0.15) is 5.75 Å². The molecule has 1 atom stereocenters. The number of hydrogen-bond acceptors (Lipinski definition) is 5. The number of nitrogens with zero attached hydrogens (tertiary/aromatic N) is 2. The second-order valence-electron chi connectivity index (χ2n) is 5.57. The van der Waals surface area contributed by atoms with Gasteiger partial charge in [-0.3, -0.25) is 4.98 Å². The third-order valence-corrected chi connectivity index (χ3v) is 3.40. The van der Waals surface area contributed by atoms with E-state index < -0.39 is 0 Å². The van der Waals surface area contributed by atoms with Gasteiger partial charge < -0.3 is 15.2 Å². The molecule has 0 saturated carbocycles. The van der Waals surface area contributed by atoms with Crippen molar-refractivity contribution in [2.75, 3.05) is 6.54 Å². The van der Waals surface area contributed by atoms with Crippen LogP contribution in [0.15, 0.2) is 42.9 Å². The minimum Gasteiger partial charge on any atom is -0.438 e. The average Bonchev–Trinajstić information content (AvgIpc) is 2.53. The fourth-order valence-electron chi connectivity index (χ4n) is 1.95. The molecule has 5 nitrogen and oxygen atoms in total. The van der Waals surface area contributed by atoms with Crippen LogP contribution in [0.4, 0.5) is 0 Å². The number of hydrogen-bond donors (Lipinski definition) is 2. The molecule has 1 aromatic heterocycles. The van der Waals surface area contributed by atoms with Gasteiger partial charge in [-0.15, -0.1) is 0 Å². The minimum absolute atomic E-state index is 0.241. The number of aliphatic hydroxyl groups is 1. The lowest BCUT2D eigenvalue weighted by molar-refractivity contribution is 0.116. The first kappa shape index (κ1) is 16.4. The predicted octanol–water partition coefficient (Wildman–Crippen LogP) is 2.77. The molecule has 2 aromatic rings. The zero-order valence-corrected chi connectivity index (χ0v) is 13.1. The quantitative estimate of drug-likeness (QED) is 0.734. The second-order valence-corrected chi connectivity index (χ2v) is 5.57. The molecule has 0 fully saturated rings. The first-order valence-corrected chi connectivity index (χ1v) is 7.56. The van der Waals surface area contributed by atoms with Crippen molar-refractivity contribution in [1.29, 1.82) is 0 Å². The van der Waals surface area contributed by atoms with E-state index in [2.05, 4.69) is 15.3 Å². The number of ether oxygens (including phenoxy) is 1. The number of benzene rings is 1. The van der Waals surface area contributed by atoms with E-state index in [-0.39, 0.29) is 6.10 Å². The van der Waals surface area contributed by atoms with Gasteiger partial charge in [0.25, 0.3) is 0 Å². The van der Waals surface area contributed by atoms with Crippen LogP contribution in [0.1, 0.15) is 25.8 Å². The summed E-state index contributed by atoms with van der Waals surface area (Å²) in [4.78, 5) is 8.02. The molecular weight excluding hydrogens is 278 g/mol. The van der Waals surface area contributed by atoms with Crippen LogP contribution in [0, 0.1) is 5.92 Å². The number of aromatic nitrogens is 2. The maximum Gasteiger partial charge on any atom is 0.237 e. The highest BCUT2D eigenvalue weighted by molar-refractivity contribution is 5.29. The number of aliphatic hydroxyl groups excluding tert-OH is 1. The maximum absolute atomic E-state index is 9.73. The molecule has 0 spiro atoms. The Kier molecular flexibility index (Phi) is 6.30. The van der Waals surface area contributed by atoms with E-state index in [4.69, 9.17) is 4.74 Å². The standard InChI is InChI=1S/C17H23N3O2/c1-13(2)16(21)7-8-18-11-14-3-5-15(6-4-14)22-17-12-19-9-10-20-17/h3-6,9-10,12-13,16,18,21H,7-8,11H2,1-2H3. The summed E-state index contributed by atoms with van der Waals surface area (Å²) in [6.07, 6.45) is 5.31. The monoisotopic (exact) mass is 301 g/mol. The van der Waals surface area contributed by atoms with Crippen LogP contribution in [0.5, 0.6) is 11.6 Å². The second kappa shape index (κ2) is 8.46. The van der Waals surface area contributed by atoms with Gasteiger partial charge in [-0.1, -0.05) is 26.0 Å². The summed E-state index contributed by atoms with van der Waals surface area (Å²) in [5.74, 6) is 1.52. The van der Waals surface area contributed by atoms with E-state index in [0.717, 1.165) is 25.3 Å². The lowest BCUT2D eigenvalue weighted by atomic mass is 10.0. The molecular formula is C17H23N3O2. The number of rotatable bonds is 8. The summed E-state index contributed by atoms with van der Waals surface area (Å²) in [5, 5.41) is 13.1. The molecule has 118 valence electrons. The van der Waals surface area contributed by atoms with Crippen molar-refractivity contribution in [2.45, 2.75) is 32.9 Å². The SMILES string of the molecule is CC(C)C(O)CCNCc1ccc(Oc2cnccn2)cc1. The van der Waals surface area contributed by atoms with Crippen molar-refractivity contribution in [3.63, 3.8) is 0 Å². The van der Waals surface area contributed by atoms with E-state index in [0.29, 0.717) is 11.8 Å². The van der Waals surface area contributed by atoms with Crippen LogP contribution in [-0.4, -0.2) is 27.7 Å². The van der Waals surface area contributed by atoms with E-state index in [9.17, 15) is 5.11 Å². The first-order chi connectivity index (χ1) is 10.6. The van der Waals surface area contributed by atoms with Crippen LogP contribution in [0.3, 0.4) is 0 Å². The van der Waals surface area contributed by atoms with Crippen molar-refractivity contribution >= 4 is 0 Å². The summed E-state index contributed by atoms with van der Waals surface area (Å²) in [7, 11) is 0. The van der Waals surface area contributed by atoms with E-state index in [1.807, 2.05) is 38.1 Å². The Morgan fingerprint density at radius 1 is 1.18 bits per heavy atom. The molecule has 0 aliphatic carbocycles. The molecule has 5 heteroatoms. The molecule has 0 saturated heterocycles. The molecule has 2 N–H and O–H groups in total. The summed E-state index contributed by atoms with van der Waals surface area (Å²) < 4.78 is 5.59. The summed E-state index contributed by atoms with van der Waals surface area (Å²) in [6.45, 7) is 5.63. The van der Waals surface area contributed by atoms with Crippen LogP contribution >= 0.6 is 0 Å². The molecule has 1 heterocycles. The van der Waals surface area contributed by atoms with Crippen molar-refractivity contribution in [3.8, 4) is 11.6 Å². The minimum atomic E-state index is -0.241. The Labute approximate surface area is 131 Å². The lowest BCUT2D eigenvalue weighted by Gasteiger charge is -2.14. The van der Waals surface area contributed by atoms with Crippen molar-refractivity contribution in [1.82, 2.24) is 15.3 Å². The highest BCUT2D eigenvalue weighted by Crippen LogP contribution is 2.18. The summed E-state index contributed by atoms with van der Waals surface area (Å²) in [5.41, 5.74) is 1.17. The van der Waals surface area contributed by atoms with Gasteiger partial charge in [0.15, 0.2) is 0 Å². The fraction of sp³-hybridized carbons (Fsp3) is 0.412. The first-order valence-electron chi connectivity index (χ1n) is 7.56. The largest absolute Gasteiger partial charge is 0.438 e. The van der Waals surface area contributed by atoms with Gasteiger partial charge in [-0.05, 0) is 36.6 Å². The summed E-state index contributed by atoms with van der Waals surface area (Å²) >= 11 is 0. The van der Waals surface area contributed by atoms with E-state index in [1.54, 1.807) is 18.6 Å². The number of nitrogens with one attached hydrogen (secondary N) is 1. The third kappa shape index (κ3) is 5.42. The highest BCUT2D eigenvalue weighted by atomic mass is 16.5. The zero-order chi connectivity index (χ0) is 15.8. The van der Waals surface area contributed by atoms with E-state index in [1.165, 1.54) is 5.56 Å². The Balaban J connectivity index is 1.75. The van der Waals surface area contributed by atoms with Crippen molar-refractivity contribution < 1.29 is 9.84 Å². The predicted molar refractivity (Wildman–Crippen MR) is 85.7 cm³/mol.